The number of hydrogen-bond acceptors (Lipinski definition) is 4. The molecule has 0 unspecified atom stereocenters. The van der Waals surface area contributed by atoms with Gasteiger partial charge in [-0.25, -0.2) is 16.8 Å². The van der Waals surface area contributed by atoms with E-state index in [-0.39, 0.29) is 15.5 Å². The fourth-order valence-electron chi connectivity index (χ4n) is 1.81. The van der Waals surface area contributed by atoms with Crippen LogP contribution in [0.25, 0.3) is 0 Å². The third-order valence-electron chi connectivity index (χ3n) is 3.03. The summed E-state index contributed by atoms with van der Waals surface area (Å²) in [4.78, 5) is -0.259. The zero-order valence-corrected chi connectivity index (χ0v) is 13.8. The third-order valence-corrected chi connectivity index (χ3v) is 5.55. The minimum atomic E-state index is -4.51. The first kappa shape index (κ1) is 18.3. The van der Waals surface area contributed by atoms with Gasteiger partial charge in [0.25, 0.3) is 10.0 Å². The van der Waals surface area contributed by atoms with E-state index < -0.39 is 31.6 Å². The average molecular weight is 379 g/mol. The van der Waals surface area contributed by atoms with Crippen LogP contribution in [0.1, 0.15) is 5.56 Å². The molecule has 0 amide bonds. The fourth-order valence-corrected chi connectivity index (χ4v) is 3.50. The minimum absolute atomic E-state index is 0.0454. The van der Waals surface area contributed by atoms with E-state index in [1.807, 2.05) is 0 Å². The Balaban J connectivity index is 2.25. The summed E-state index contributed by atoms with van der Waals surface area (Å²) in [6.45, 7) is 0. The molecule has 2 rings (SSSR count). The van der Waals surface area contributed by atoms with Crippen LogP contribution in [0.4, 0.5) is 18.9 Å². The summed E-state index contributed by atoms with van der Waals surface area (Å²) in [6.07, 6.45) is -3.53. The Hall–Kier alpha value is -2.07. The maximum atomic E-state index is 12.5. The number of nitrogens with one attached hydrogen (secondary N) is 1. The molecule has 24 heavy (non-hydrogen) atoms. The number of rotatable bonds is 4. The standard InChI is InChI=1S/C14H12F3NO4S2/c1-23(19,20)12-6-8-13(9-7-12)24(21,22)18-11-4-2-10(3-5-11)14(15,16)17/h2-9,18H,1H3. The Bertz CT molecular complexity index is 933. The van der Waals surface area contributed by atoms with Gasteiger partial charge >= 0.3 is 6.18 Å². The molecule has 0 aliphatic carbocycles. The molecule has 0 spiro atoms. The number of hydrogen-bond donors (Lipinski definition) is 1. The second-order valence-corrected chi connectivity index (χ2v) is 8.62. The molecule has 2 aromatic rings. The molecule has 0 radical (unpaired) electrons. The van der Waals surface area contributed by atoms with E-state index in [0.717, 1.165) is 54.8 Å². The highest BCUT2D eigenvalue weighted by Gasteiger charge is 2.30. The van der Waals surface area contributed by atoms with Crippen molar-refractivity contribution >= 4 is 25.5 Å². The number of sulfonamides is 1. The lowest BCUT2D eigenvalue weighted by molar-refractivity contribution is -0.137. The van der Waals surface area contributed by atoms with E-state index >= 15 is 0 Å². The first-order chi connectivity index (χ1) is 10.9. The molecular weight excluding hydrogens is 367 g/mol. The van der Waals surface area contributed by atoms with Gasteiger partial charge in [-0.15, -0.1) is 0 Å². The molecule has 5 nitrogen and oxygen atoms in total. The maximum absolute atomic E-state index is 12.5. The second-order valence-electron chi connectivity index (χ2n) is 4.92. The molecule has 0 aliphatic heterocycles. The van der Waals surface area contributed by atoms with Crippen LogP contribution in [-0.2, 0) is 26.0 Å². The van der Waals surface area contributed by atoms with Crippen LogP contribution in [0.5, 0.6) is 0 Å². The van der Waals surface area contributed by atoms with Crippen LogP contribution in [-0.4, -0.2) is 23.1 Å². The van der Waals surface area contributed by atoms with Gasteiger partial charge in [0.1, 0.15) is 0 Å². The molecule has 2 aromatic carbocycles. The van der Waals surface area contributed by atoms with Crippen molar-refractivity contribution in [1.82, 2.24) is 0 Å². The summed E-state index contributed by atoms with van der Waals surface area (Å²) < 4.78 is 86.5. The van der Waals surface area contributed by atoms with Crippen molar-refractivity contribution in [3.05, 3.63) is 54.1 Å². The largest absolute Gasteiger partial charge is 0.416 e. The van der Waals surface area contributed by atoms with Gasteiger partial charge in [0.15, 0.2) is 9.84 Å². The van der Waals surface area contributed by atoms with Crippen LogP contribution in [0.15, 0.2) is 58.3 Å². The zero-order valence-electron chi connectivity index (χ0n) is 12.2. The Morgan fingerprint density at radius 3 is 1.67 bits per heavy atom. The topological polar surface area (TPSA) is 80.3 Å². The van der Waals surface area contributed by atoms with Crippen molar-refractivity contribution in [2.45, 2.75) is 16.0 Å². The number of alkyl halides is 3. The van der Waals surface area contributed by atoms with Crippen LogP contribution in [0, 0.1) is 0 Å². The lowest BCUT2D eigenvalue weighted by Gasteiger charge is -2.10. The van der Waals surface area contributed by atoms with Crippen LogP contribution < -0.4 is 4.72 Å². The Labute approximate surface area is 137 Å². The summed E-state index contributed by atoms with van der Waals surface area (Å²) in [7, 11) is -7.51. The second kappa shape index (κ2) is 6.10. The van der Waals surface area contributed by atoms with Gasteiger partial charge in [-0.3, -0.25) is 4.72 Å². The maximum Gasteiger partial charge on any atom is 0.416 e. The first-order valence-electron chi connectivity index (χ1n) is 6.40. The Kier molecular flexibility index (Phi) is 4.64. The number of sulfone groups is 1. The molecular formula is C14H12F3NO4S2. The van der Waals surface area contributed by atoms with E-state index in [1.54, 1.807) is 0 Å². The van der Waals surface area contributed by atoms with Crippen LogP contribution >= 0.6 is 0 Å². The predicted molar refractivity (Wildman–Crippen MR) is 81.8 cm³/mol. The van der Waals surface area contributed by atoms with Crippen LogP contribution in [0.2, 0.25) is 0 Å². The summed E-state index contributed by atoms with van der Waals surface area (Å²) in [5.74, 6) is 0. The third kappa shape index (κ3) is 4.26. The van der Waals surface area contributed by atoms with E-state index in [2.05, 4.69) is 4.72 Å². The van der Waals surface area contributed by atoms with E-state index in [4.69, 9.17) is 0 Å². The van der Waals surface area contributed by atoms with Crippen molar-refractivity contribution in [3.63, 3.8) is 0 Å². The van der Waals surface area contributed by atoms with Crippen molar-refractivity contribution in [1.29, 1.82) is 0 Å². The van der Waals surface area contributed by atoms with Gasteiger partial charge < -0.3 is 0 Å². The molecule has 0 heterocycles. The first-order valence-corrected chi connectivity index (χ1v) is 9.77. The van der Waals surface area contributed by atoms with Crippen molar-refractivity contribution in [3.8, 4) is 0 Å². The highest BCUT2D eigenvalue weighted by molar-refractivity contribution is 7.92. The fraction of sp³-hybridized carbons (Fsp3) is 0.143. The number of benzene rings is 2. The van der Waals surface area contributed by atoms with E-state index in [9.17, 15) is 30.0 Å². The highest BCUT2D eigenvalue weighted by Crippen LogP contribution is 2.30. The molecule has 0 aliphatic rings. The normalized spacial score (nSPS) is 12.8. The molecule has 0 atom stereocenters. The molecule has 0 saturated heterocycles. The van der Waals surface area contributed by atoms with Gasteiger partial charge in [-0.1, -0.05) is 0 Å². The van der Waals surface area contributed by atoms with Gasteiger partial charge in [-0.2, -0.15) is 13.2 Å². The van der Waals surface area contributed by atoms with Gasteiger partial charge in [0.05, 0.1) is 15.4 Å². The van der Waals surface area contributed by atoms with Crippen LogP contribution in [0.3, 0.4) is 0 Å². The van der Waals surface area contributed by atoms with Crippen molar-refractivity contribution in [2.24, 2.45) is 0 Å². The van der Waals surface area contributed by atoms with E-state index in [0.29, 0.717) is 0 Å². The quantitative estimate of drug-likeness (QED) is 0.886. The lowest BCUT2D eigenvalue weighted by atomic mass is 10.2. The summed E-state index contributed by atoms with van der Waals surface area (Å²) in [5, 5.41) is 0. The Morgan fingerprint density at radius 1 is 0.792 bits per heavy atom. The minimum Gasteiger partial charge on any atom is -0.280 e. The van der Waals surface area contributed by atoms with Gasteiger partial charge in [-0.05, 0) is 48.5 Å². The summed E-state index contributed by atoms with van der Waals surface area (Å²) in [6, 6.07) is 7.96. The molecule has 0 aromatic heterocycles. The smallest absolute Gasteiger partial charge is 0.280 e. The average Bonchev–Trinajstić information content (AvgIpc) is 2.46. The SMILES string of the molecule is CS(=O)(=O)c1ccc(S(=O)(=O)Nc2ccc(C(F)(F)F)cc2)cc1. The monoisotopic (exact) mass is 379 g/mol. The summed E-state index contributed by atoms with van der Waals surface area (Å²) in [5.41, 5.74) is -0.946. The molecule has 0 bridgehead atoms. The number of halogens is 3. The van der Waals surface area contributed by atoms with Gasteiger partial charge in [0.2, 0.25) is 0 Å². The Morgan fingerprint density at radius 2 is 1.25 bits per heavy atom. The molecule has 10 heteroatoms. The molecule has 1 N–H and O–H groups in total. The van der Waals surface area contributed by atoms with Crippen molar-refractivity contribution in [2.75, 3.05) is 11.0 Å². The van der Waals surface area contributed by atoms with Gasteiger partial charge in [0, 0.05) is 11.9 Å². The van der Waals surface area contributed by atoms with E-state index in [1.165, 1.54) is 0 Å². The highest BCUT2D eigenvalue weighted by atomic mass is 32.2. The molecule has 0 fully saturated rings. The predicted octanol–water partition coefficient (Wildman–Crippen LogP) is 2.91. The number of anilines is 1. The lowest BCUT2D eigenvalue weighted by Crippen LogP contribution is -2.13. The zero-order chi connectivity index (χ0) is 18.2. The summed E-state index contributed by atoms with van der Waals surface area (Å²) >= 11 is 0. The molecule has 130 valence electrons. The molecule has 0 saturated carbocycles. The van der Waals surface area contributed by atoms with Crippen molar-refractivity contribution < 1.29 is 30.0 Å².